The third-order valence-corrected chi connectivity index (χ3v) is 4.11. The molecule has 1 aliphatic heterocycles. The summed E-state index contributed by atoms with van der Waals surface area (Å²) in [5.74, 6) is -0.892. The molecule has 2 rings (SSSR count). The molecule has 1 aliphatic rings. The van der Waals surface area contributed by atoms with Gasteiger partial charge in [-0.1, -0.05) is 19.1 Å². The first-order valence-corrected chi connectivity index (χ1v) is 7.08. The highest BCUT2D eigenvalue weighted by Crippen LogP contribution is 2.30. The first-order chi connectivity index (χ1) is 9.46. The molecule has 1 amide bonds. The van der Waals surface area contributed by atoms with Gasteiger partial charge in [-0.15, -0.1) is 0 Å². The monoisotopic (exact) mass is 275 g/mol. The Balaban J connectivity index is 2.14. The van der Waals surface area contributed by atoms with E-state index in [2.05, 4.69) is 6.92 Å². The minimum atomic E-state index is -0.823. The molecule has 1 aromatic carbocycles. The van der Waals surface area contributed by atoms with Gasteiger partial charge in [0.1, 0.15) is 0 Å². The van der Waals surface area contributed by atoms with Crippen LogP contribution < -0.4 is 0 Å². The number of carbonyl (C=O) groups excluding carboxylic acids is 1. The van der Waals surface area contributed by atoms with Crippen molar-refractivity contribution in [3.05, 3.63) is 35.4 Å². The molecule has 1 saturated heterocycles. The topological polar surface area (TPSA) is 57.6 Å². The van der Waals surface area contributed by atoms with E-state index in [4.69, 9.17) is 0 Å². The van der Waals surface area contributed by atoms with Crippen LogP contribution in [-0.2, 0) is 11.2 Å². The van der Waals surface area contributed by atoms with Gasteiger partial charge in [0.25, 0.3) is 5.91 Å². The van der Waals surface area contributed by atoms with Gasteiger partial charge in [-0.05, 0) is 43.9 Å². The number of likely N-dealkylation sites (tertiary alicyclic amines) is 1. The van der Waals surface area contributed by atoms with Crippen molar-refractivity contribution in [2.24, 2.45) is 5.41 Å². The van der Waals surface area contributed by atoms with Crippen LogP contribution in [0.2, 0.25) is 0 Å². The molecule has 4 heteroatoms. The second-order valence-corrected chi connectivity index (χ2v) is 5.75. The van der Waals surface area contributed by atoms with Crippen LogP contribution in [-0.4, -0.2) is 35.0 Å². The Labute approximate surface area is 119 Å². The summed E-state index contributed by atoms with van der Waals surface area (Å²) in [7, 11) is 0. The van der Waals surface area contributed by atoms with Crippen LogP contribution in [0.15, 0.2) is 24.3 Å². The molecule has 1 heterocycles. The normalized spacial score (nSPS) is 22.6. The number of nitrogens with zero attached hydrogens (tertiary/aromatic N) is 1. The van der Waals surface area contributed by atoms with Gasteiger partial charge in [0.15, 0.2) is 0 Å². The standard InChI is InChI=1S/C16H21NO3/c1-3-12-5-7-13(8-6-12)14(18)17-10-4-9-16(2,11-17)15(19)20/h5-8H,3-4,9-11H2,1-2H3,(H,19,20). The molecule has 0 saturated carbocycles. The van der Waals surface area contributed by atoms with E-state index in [1.54, 1.807) is 11.8 Å². The average Bonchev–Trinajstić information content (AvgIpc) is 2.46. The summed E-state index contributed by atoms with van der Waals surface area (Å²) in [6.07, 6.45) is 2.30. The molecule has 4 nitrogen and oxygen atoms in total. The highest BCUT2D eigenvalue weighted by atomic mass is 16.4. The Kier molecular flexibility index (Phi) is 4.12. The highest BCUT2D eigenvalue weighted by molar-refractivity contribution is 5.94. The van der Waals surface area contributed by atoms with Crippen molar-refractivity contribution in [2.75, 3.05) is 13.1 Å². The molecule has 0 bridgehead atoms. The number of carbonyl (C=O) groups is 2. The SMILES string of the molecule is CCc1ccc(C(=O)N2CCCC(C)(C(=O)O)C2)cc1. The summed E-state index contributed by atoms with van der Waals surface area (Å²) < 4.78 is 0. The lowest BCUT2D eigenvalue weighted by molar-refractivity contribution is -0.150. The van der Waals surface area contributed by atoms with Gasteiger partial charge in [0, 0.05) is 18.7 Å². The van der Waals surface area contributed by atoms with E-state index in [9.17, 15) is 14.7 Å². The Morgan fingerprint density at radius 1 is 1.30 bits per heavy atom. The van der Waals surface area contributed by atoms with E-state index in [0.717, 1.165) is 12.8 Å². The van der Waals surface area contributed by atoms with E-state index >= 15 is 0 Å². The number of aryl methyl sites for hydroxylation is 1. The quantitative estimate of drug-likeness (QED) is 0.922. The Bertz CT molecular complexity index is 509. The zero-order valence-corrected chi connectivity index (χ0v) is 12.1. The third-order valence-electron chi connectivity index (χ3n) is 4.11. The zero-order chi connectivity index (χ0) is 14.8. The Morgan fingerprint density at radius 3 is 2.50 bits per heavy atom. The molecular weight excluding hydrogens is 254 g/mol. The first-order valence-electron chi connectivity index (χ1n) is 7.08. The molecular formula is C16H21NO3. The predicted molar refractivity (Wildman–Crippen MR) is 76.7 cm³/mol. The molecule has 1 atom stereocenters. The molecule has 1 unspecified atom stereocenters. The largest absolute Gasteiger partial charge is 0.481 e. The zero-order valence-electron chi connectivity index (χ0n) is 12.1. The summed E-state index contributed by atoms with van der Waals surface area (Å²) in [6.45, 7) is 4.71. The number of carboxylic acid groups (broad SMARTS) is 1. The number of piperidine rings is 1. The molecule has 108 valence electrons. The van der Waals surface area contributed by atoms with Gasteiger partial charge < -0.3 is 10.0 Å². The number of benzene rings is 1. The van der Waals surface area contributed by atoms with E-state index in [1.807, 2.05) is 24.3 Å². The van der Waals surface area contributed by atoms with E-state index in [1.165, 1.54) is 5.56 Å². The van der Waals surface area contributed by atoms with Crippen LogP contribution in [0.5, 0.6) is 0 Å². The van der Waals surface area contributed by atoms with Gasteiger partial charge in [-0.3, -0.25) is 9.59 Å². The van der Waals surface area contributed by atoms with Gasteiger partial charge in [0.2, 0.25) is 0 Å². The number of hydrogen-bond donors (Lipinski definition) is 1. The molecule has 0 radical (unpaired) electrons. The van der Waals surface area contributed by atoms with Crippen molar-refractivity contribution in [3.8, 4) is 0 Å². The fourth-order valence-corrected chi connectivity index (χ4v) is 2.65. The number of hydrogen-bond acceptors (Lipinski definition) is 2. The Morgan fingerprint density at radius 2 is 1.95 bits per heavy atom. The van der Waals surface area contributed by atoms with Gasteiger partial charge >= 0.3 is 5.97 Å². The average molecular weight is 275 g/mol. The van der Waals surface area contributed by atoms with Gasteiger partial charge in [0.05, 0.1) is 5.41 Å². The molecule has 1 N–H and O–H groups in total. The van der Waals surface area contributed by atoms with Crippen LogP contribution in [0.3, 0.4) is 0 Å². The lowest BCUT2D eigenvalue weighted by Crippen LogP contribution is -2.48. The maximum atomic E-state index is 12.4. The fourth-order valence-electron chi connectivity index (χ4n) is 2.65. The summed E-state index contributed by atoms with van der Waals surface area (Å²) in [6, 6.07) is 7.56. The van der Waals surface area contributed by atoms with Crippen molar-refractivity contribution < 1.29 is 14.7 Å². The van der Waals surface area contributed by atoms with Crippen molar-refractivity contribution in [1.29, 1.82) is 0 Å². The summed E-state index contributed by atoms with van der Waals surface area (Å²) in [5, 5.41) is 9.30. The summed E-state index contributed by atoms with van der Waals surface area (Å²) in [5.41, 5.74) is 1.00. The van der Waals surface area contributed by atoms with E-state index in [-0.39, 0.29) is 12.5 Å². The lowest BCUT2D eigenvalue weighted by atomic mass is 9.82. The fraction of sp³-hybridized carbons (Fsp3) is 0.500. The van der Waals surface area contributed by atoms with Crippen molar-refractivity contribution in [3.63, 3.8) is 0 Å². The number of aliphatic carboxylic acids is 1. The Hall–Kier alpha value is -1.84. The maximum Gasteiger partial charge on any atom is 0.311 e. The molecule has 0 aromatic heterocycles. The molecule has 0 spiro atoms. The van der Waals surface area contributed by atoms with Crippen LogP contribution in [0, 0.1) is 5.41 Å². The highest BCUT2D eigenvalue weighted by Gasteiger charge is 2.39. The maximum absolute atomic E-state index is 12.4. The van der Waals surface area contributed by atoms with Crippen molar-refractivity contribution in [2.45, 2.75) is 33.1 Å². The number of amides is 1. The molecule has 1 aromatic rings. The smallest absolute Gasteiger partial charge is 0.311 e. The second-order valence-electron chi connectivity index (χ2n) is 5.75. The van der Waals surface area contributed by atoms with Gasteiger partial charge in [-0.2, -0.15) is 0 Å². The van der Waals surface area contributed by atoms with Crippen LogP contribution in [0.4, 0.5) is 0 Å². The molecule has 1 fully saturated rings. The summed E-state index contributed by atoms with van der Waals surface area (Å²) in [4.78, 5) is 25.4. The van der Waals surface area contributed by atoms with Crippen LogP contribution in [0.25, 0.3) is 0 Å². The molecule has 20 heavy (non-hydrogen) atoms. The molecule has 0 aliphatic carbocycles. The minimum Gasteiger partial charge on any atom is -0.481 e. The van der Waals surface area contributed by atoms with E-state index < -0.39 is 11.4 Å². The van der Waals surface area contributed by atoms with Crippen LogP contribution >= 0.6 is 0 Å². The van der Waals surface area contributed by atoms with Gasteiger partial charge in [-0.25, -0.2) is 0 Å². The second kappa shape index (κ2) is 5.65. The number of rotatable bonds is 3. The predicted octanol–water partition coefficient (Wildman–Crippen LogP) is 2.58. The van der Waals surface area contributed by atoms with E-state index in [0.29, 0.717) is 18.5 Å². The minimum absolute atomic E-state index is 0.0696. The number of carboxylic acids is 1. The lowest BCUT2D eigenvalue weighted by Gasteiger charge is -2.37. The van der Waals surface area contributed by atoms with Crippen LogP contribution in [0.1, 0.15) is 42.6 Å². The van der Waals surface area contributed by atoms with Crippen molar-refractivity contribution >= 4 is 11.9 Å². The third kappa shape index (κ3) is 2.84. The summed E-state index contributed by atoms with van der Waals surface area (Å²) >= 11 is 0. The van der Waals surface area contributed by atoms with Crippen molar-refractivity contribution in [1.82, 2.24) is 4.90 Å². The first kappa shape index (κ1) is 14.6.